The van der Waals surface area contributed by atoms with Crippen LogP contribution in [0.2, 0.25) is 0 Å². The van der Waals surface area contributed by atoms with Gasteiger partial charge in [-0.25, -0.2) is 0 Å². The molecule has 2 aromatic rings. The molecule has 0 aliphatic carbocycles. The van der Waals surface area contributed by atoms with Crippen molar-refractivity contribution in [1.29, 1.82) is 0 Å². The second-order valence-corrected chi connectivity index (χ2v) is 4.72. The highest BCUT2D eigenvalue weighted by Gasteiger charge is 2.26. The monoisotopic (exact) mass is 241 g/mol. The van der Waals surface area contributed by atoms with E-state index in [1.165, 1.54) is 0 Å². The van der Waals surface area contributed by atoms with Crippen molar-refractivity contribution in [2.24, 2.45) is 0 Å². The minimum absolute atomic E-state index is 0.0170. The third-order valence-corrected chi connectivity index (χ3v) is 3.47. The summed E-state index contributed by atoms with van der Waals surface area (Å²) in [6.07, 6.45) is 0.306. The maximum Gasteiger partial charge on any atom is 0.254 e. The Bertz CT molecular complexity index is 589. The summed E-state index contributed by atoms with van der Waals surface area (Å²) >= 11 is 0. The zero-order valence-corrected chi connectivity index (χ0v) is 10.0. The minimum atomic E-state index is -0.371. The largest absolute Gasteiger partial charge is 0.391 e. The smallest absolute Gasteiger partial charge is 0.254 e. The molecule has 3 nitrogen and oxygen atoms in total. The maximum absolute atomic E-state index is 12.4. The van der Waals surface area contributed by atoms with E-state index in [1.807, 2.05) is 42.5 Å². The van der Waals surface area contributed by atoms with Crippen LogP contribution < -0.4 is 0 Å². The lowest BCUT2D eigenvalue weighted by Crippen LogP contribution is -2.29. The first-order valence-electron chi connectivity index (χ1n) is 6.21. The lowest BCUT2D eigenvalue weighted by molar-refractivity contribution is 0.0767. The van der Waals surface area contributed by atoms with E-state index in [4.69, 9.17) is 0 Å². The molecule has 0 unspecified atom stereocenters. The fraction of sp³-hybridized carbons (Fsp3) is 0.267. The van der Waals surface area contributed by atoms with E-state index in [2.05, 4.69) is 0 Å². The number of aliphatic hydroxyl groups excluding tert-OH is 1. The number of fused-ring (bicyclic) bond motifs is 1. The number of hydrogen-bond acceptors (Lipinski definition) is 2. The van der Waals surface area contributed by atoms with E-state index in [9.17, 15) is 9.90 Å². The number of β-amino-alcohol motifs (C(OH)–C–C–N with tert-alkyl or cyclic N) is 1. The van der Waals surface area contributed by atoms with Gasteiger partial charge in [0, 0.05) is 18.7 Å². The van der Waals surface area contributed by atoms with Crippen LogP contribution in [0.4, 0.5) is 0 Å². The first kappa shape index (κ1) is 11.2. The van der Waals surface area contributed by atoms with E-state index in [1.54, 1.807) is 4.90 Å². The number of carbonyl (C=O) groups is 1. The molecular weight excluding hydrogens is 226 g/mol. The molecule has 18 heavy (non-hydrogen) atoms. The fourth-order valence-electron chi connectivity index (χ4n) is 2.51. The van der Waals surface area contributed by atoms with Crippen LogP contribution in [0.25, 0.3) is 10.8 Å². The van der Waals surface area contributed by atoms with Crippen LogP contribution in [0.1, 0.15) is 16.8 Å². The van der Waals surface area contributed by atoms with Crippen LogP contribution in [-0.4, -0.2) is 35.1 Å². The normalized spacial score (nSPS) is 19.4. The Morgan fingerprint density at radius 2 is 1.94 bits per heavy atom. The summed E-state index contributed by atoms with van der Waals surface area (Å²) in [5, 5.41) is 11.6. The zero-order valence-electron chi connectivity index (χ0n) is 10.0. The summed E-state index contributed by atoms with van der Waals surface area (Å²) in [4.78, 5) is 14.1. The molecule has 1 atom stereocenters. The van der Waals surface area contributed by atoms with Gasteiger partial charge in [-0.15, -0.1) is 0 Å². The van der Waals surface area contributed by atoms with Crippen molar-refractivity contribution in [3.63, 3.8) is 0 Å². The van der Waals surface area contributed by atoms with E-state index >= 15 is 0 Å². The number of carbonyl (C=O) groups excluding carboxylic acids is 1. The van der Waals surface area contributed by atoms with Gasteiger partial charge in [-0.1, -0.05) is 36.4 Å². The molecule has 1 aliphatic heterocycles. The number of rotatable bonds is 1. The Morgan fingerprint density at radius 1 is 1.17 bits per heavy atom. The maximum atomic E-state index is 12.4. The van der Waals surface area contributed by atoms with Gasteiger partial charge in [-0.05, 0) is 23.3 Å². The third kappa shape index (κ3) is 1.87. The summed E-state index contributed by atoms with van der Waals surface area (Å²) in [5.74, 6) is 0.0170. The molecular formula is C15H15NO2. The van der Waals surface area contributed by atoms with Gasteiger partial charge in [-0.3, -0.25) is 4.79 Å². The Hall–Kier alpha value is -1.87. The van der Waals surface area contributed by atoms with Crippen LogP contribution in [0.15, 0.2) is 42.5 Å². The Kier molecular flexibility index (Phi) is 2.76. The van der Waals surface area contributed by atoms with Crippen molar-refractivity contribution in [3.8, 4) is 0 Å². The summed E-state index contributed by atoms with van der Waals surface area (Å²) in [6, 6.07) is 13.6. The van der Waals surface area contributed by atoms with Crippen molar-refractivity contribution in [3.05, 3.63) is 48.0 Å². The molecule has 0 aromatic heterocycles. The van der Waals surface area contributed by atoms with Crippen LogP contribution in [0, 0.1) is 0 Å². The quantitative estimate of drug-likeness (QED) is 0.830. The topological polar surface area (TPSA) is 40.5 Å². The molecule has 0 saturated carbocycles. The number of likely N-dealkylation sites (tertiary alicyclic amines) is 1. The SMILES string of the molecule is O=C(c1cccc2ccccc12)N1CC[C@H](O)C1. The number of aliphatic hydroxyl groups is 1. The van der Waals surface area contributed by atoms with E-state index in [-0.39, 0.29) is 12.0 Å². The summed E-state index contributed by atoms with van der Waals surface area (Å²) in [6.45, 7) is 1.09. The van der Waals surface area contributed by atoms with Gasteiger partial charge < -0.3 is 10.0 Å². The molecule has 92 valence electrons. The molecule has 0 spiro atoms. The molecule has 1 N–H and O–H groups in total. The summed E-state index contributed by atoms with van der Waals surface area (Å²) < 4.78 is 0. The molecule has 0 bridgehead atoms. The van der Waals surface area contributed by atoms with Crippen LogP contribution in [0.3, 0.4) is 0 Å². The first-order chi connectivity index (χ1) is 8.75. The average Bonchev–Trinajstić information content (AvgIpc) is 2.84. The Labute approximate surface area is 106 Å². The number of amides is 1. The molecule has 1 heterocycles. The zero-order chi connectivity index (χ0) is 12.5. The molecule has 3 heteroatoms. The van der Waals surface area contributed by atoms with Gasteiger partial charge in [0.05, 0.1) is 6.10 Å². The summed E-state index contributed by atoms with van der Waals surface area (Å²) in [7, 11) is 0. The van der Waals surface area contributed by atoms with Crippen LogP contribution >= 0.6 is 0 Å². The molecule has 1 aliphatic rings. The van der Waals surface area contributed by atoms with E-state index in [0.29, 0.717) is 19.5 Å². The van der Waals surface area contributed by atoms with E-state index in [0.717, 1.165) is 16.3 Å². The molecule has 2 aromatic carbocycles. The van der Waals surface area contributed by atoms with Crippen molar-refractivity contribution in [1.82, 2.24) is 4.90 Å². The van der Waals surface area contributed by atoms with Crippen LogP contribution in [0.5, 0.6) is 0 Å². The van der Waals surface area contributed by atoms with Crippen LogP contribution in [-0.2, 0) is 0 Å². The highest BCUT2D eigenvalue weighted by atomic mass is 16.3. The molecule has 1 amide bonds. The molecule has 1 fully saturated rings. The van der Waals surface area contributed by atoms with Gasteiger partial charge in [0.1, 0.15) is 0 Å². The van der Waals surface area contributed by atoms with Gasteiger partial charge in [0.2, 0.25) is 0 Å². The van der Waals surface area contributed by atoms with E-state index < -0.39 is 0 Å². The van der Waals surface area contributed by atoms with Crippen molar-refractivity contribution < 1.29 is 9.90 Å². The lowest BCUT2D eigenvalue weighted by atomic mass is 10.0. The first-order valence-corrected chi connectivity index (χ1v) is 6.21. The fourth-order valence-corrected chi connectivity index (χ4v) is 2.51. The minimum Gasteiger partial charge on any atom is -0.391 e. The highest BCUT2D eigenvalue weighted by Crippen LogP contribution is 2.21. The highest BCUT2D eigenvalue weighted by molar-refractivity contribution is 6.07. The second-order valence-electron chi connectivity index (χ2n) is 4.72. The number of hydrogen-bond donors (Lipinski definition) is 1. The predicted molar refractivity (Wildman–Crippen MR) is 70.5 cm³/mol. The standard InChI is InChI=1S/C15H15NO2/c17-12-8-9-16(10-12)15(18)14-7-3-5-11-4-1-2-6-13(11)14/h1-7,12,17H,8-10H2/t12-/m0/s1. The van der Waals surface area contributed by atoms with Gasteiger partial charge >= 0.3 is 0 Å². The third-order valence-electron chi connectivity index (χ3n) is 3.47. The Balaban J connectivity index is 2.01. The molecule has 3 rings (SSSR count). The second kappa shape index (κ2) is 4.42. The van der Waals surface area contributed by atoms with Gasteiger partial charge in [0.15, 0.2) is 0 Å². The van der Waals surface area contributed by atoms with Crippen molar-refractivity contribution >= 4 is 16.7 Å². The molecule has 0 radical (unpaired) electrons. The molecule has 1 saturated heterocycles. The van der Waals surface area contributed by atoms with Crippen molar-refractivity contribution in [2.75, 3.05) is 13.1 Å². The van der Waals surface area contributed by atoms with Gasteiger partial charge in [-0.2, -0.15) is 0 Å². The predicted octanol–water partition coefficient (Wildman–Crippen LogP) is 2.05. The Morgan fingerprint density at radius 3 is 2.72 bits per heavy atom. The summed E-state index contributed by atoms with van der Waals surface area (Å²) in [5.41, 5.74) is 0.724. The average molecular weight is 241 g/mol. The lowest BCUT2D eigenvalue weighted by Gasteiger charge is -2.16. The number of nitrogens with zero attached hydrogens (tertiary/aromatic N) is 1. The van der Waals surface area contributed by atoms with Gasteiger partial charge in [0.25, 0.3) is 5.91 Å². The number of benzene rings is 2. The van der Waals surface area contributed by atoms with Crippen molar-refractivity contribution in [2.45, 2.75) is 12.5 Å².